The lowest BCUT2D eigenvalue weighted by atomic mass is 9.87. The maximum Gasteiger partial charge on any atom is 0.281 e. The van der Waals surface area contributed by atoms with Gasteiger partial charge in [0.1, 0.15) is 0 Å². The first-order valence-corrected chi connectivity index (χ1v) is 11.1. The molecular formula is C26H23ClF2N2O3. The van der Waals surface area contributed by atoms with Crippen molar-refractivity contribution in [1.29, 1.82) is 0 Å². The molecule has 176 valence electrons. The van der Waals surface area contributed by atoms with Crippen molar-refractivity contribution in [3.63, 3.8) is 0 Å². The zero-order chi connectivity index (χ0) is 24.7. The quantitative estimate of drug-likeness (QED) is 0.494. The number of aliphatic hydroxyl groups is 1. The normalized spacial score (nSPS) is 19.2. The molecule has 3 aromatic carbocycles. The lowest BCUT2D eigenvalue weighted by Gasteiger charge is -2.32. The smallest absolute Gasteiger partial charge is 0.281 e. The molecule has 1 heterocycles. The number of hydrogen-bond acceptors (Lipinski definition) is 3. The molecule has 3 aromatic rings. The number of halogens is 3. The van der Waals surface area contributed by atoms with Gasteiger partial charge in [-0.1, -0.05) is 29.8 Å². The molecule has 0 bridgehead atoms. The second-order valence-electron chi connectivity index (χ2n) is 8.49. The maximum atomic E-state index is 14.8. The Balaban J connectivity index is 1.61. The molecule has 2 amide bonds. The third kappa shape index (κ3) is 4.29. The third-order valence-electron chi connectivity index (χ3n) is 6.16. The van der Waals surface area contributed by atoms with Gasteiger partial charge in [-0.25, -0.2) is 8.78 Å². The van der Waals surface area contributed by atoms with E-state index in [-0.39, 0.29) is 34.3 Å². The number of amides is 2. The van der Waals surface area contributed by atoms with Crippen molar-refractivity contribution in [2.75, 3.05) is 16.8 Å². The van der Waals surface area contributed by atoms with Crippen molar-refractivity contribution in [2.45, 2.75) is 31.8 Å². The Bertz CT molecular complexity index is 1260. The zero-order valence-corrected chi connectivity index (χ0v) is 19.4. The van der Waals surface area contributed by atoms with Crippen LogP contribution in [0.25, 0.3) is 0 Å². The van der Waals surface area contributed by atoms with E-state index in [4.69, 9.17) is 11.6 Å². The Kier molecular flexibility index (Phi) is 6.18. The number of carbonyl (C=O) groups excluding carboxylic acids is 2. The fourth-order valence-electron chi connectivity index (χ4n) is 4.04. The van der Waals surface area contributed by atoms with Crippen LogP contribution in [0.3, 0.4) is 0 Å². The molecule has 0 unspecified atom stereocenters. The van der Waals surface area contributed by atoms with Crippen LogP contribution < -0.4 is 10.2 Å². The standard InChI is InChI=1S/C26H23ClF2N2O3/c1-16-5-3-4-6-20(16)23(32)30-19-10-7-17(8-11-19)24(33)31-14-13-26(28,29)25(2,34)21-15-18(27)9-12-22(21)31/h3-12,15,34H,13-14H2,1-2H3,(H,30,32)/t25-/m1/s1. The minimum atomic E-state index is -3.47. The van der Waals surface area contributed by atoms with Crippen molar-refractivity contribution >= 4 is 34.8 Å². The van der Waals surface area contributed by atoms with Crippen LogP contribution in [0.4, 0.5) is 20.2 Å². The van der Waals surface area contributed by atoms with E-state index in [0.717, 1.165) is 12.5 Å². The van der Waals surface area contributed by atoms with Crippen LogP contribution in [0.5, 0.6) is 0 Å². The predicted octanol–water partition coefficient (Wildman–Crippen LogP) is 5.79. The largest absolute Gasteiger partial charge is 0.379 e. The van der Waals surface area contributed by atoms with Gasteiger partial charge in [0, 0.05) is 40.4 Å². The fourth-order valence-corrected chi connectivity index (χ4v) is 4.21. The summed E-state index contributed by atoms with van der Waals surface area (Å²) in [6.45, 7) is 2.58. The molecule has 1 aliphatic rings. The van der Waals surface area contributed by atoms with E-state index in [9.17, 15) is 23.5 Å². The molecule has 8 heteroatoms. The maximum absolute atomic E-state index is 14.8. The summed E-state index contributed by atoms with van der Waals surface area (Å²) < 4.78 is 29.5. The lowest BCUT2D eigenvalue weighted by Crippen LogP contribution is -2.42. The van der Waals surface area contributed by atoms with Crippen LogP contribution >= 0.6 is 11.6 Å². The number of nitrogens with zero attached hydrogens (tertiary/aromatic N) is 1. The van der Waals surface area contributed by atoms with Crippen LogP contribution in [0.2, 0.25) is 5.02 Å². The average molecular weight is 485 g/mol. The highest BCUT2D eigenvalue weighted by Crippen LogP contribution is 2.47. The molecule has 1 atom stereocenters. The van der Waals surface area contributed by atoms with Gasteiger partial charge in [-0.15, -0.1) is 0 Å². The van der Waals surface area contributed by atoms with E-state index in [1.807, 2.05) is 19.1 Å². The summed E-state index contributed by atoms with van der Waals surface area (Å²) in [5.41, 5.74) is -0.324. The molecule has 0 saturated heterocycles. The summed E-state index contributed by atoms with van der Waals surface area (Å²) >= 11 is 6.01. The number of fused-ring (bicyclic) bond motifs is 1. The molecule has 5 nitrogen and oxygen atoms in total. The summed E-state index contributed by atoms with van der Waals surface area (Å²) in [5.74, 6) is -4.25. The van der Waals surface area contributed by atoms with E-state index >= 15 is 0 Å². The zero-order valence-electron chi connectivity index (χ0n) is 18.6. The average Bonchev–Trinajstić information content (AvgIpc) is 2.87. The van der Waals surface area contributed by atoms with Crippen molar-refractivity contribution < 1.29 is 23.5 Å². The van der Waals surface area contributed by atoms with E-state index in [2.05, 4.69) is 5.32 Å². The lowest BCUT2D eigenvalue weighted by molar-refractivity contribution is -0.177. The molecule has 2 N–H and O–H groups in total. The Hall–Kier alpha value is -3.29. The number of alkyl halides is 2. The molecule has 0 aliphatic carbocycles. The van der Waals surface area contributed by atoms with Gasteiger partial charge < -0.3 is 15.3 Å². The monoisotopic (exact) mass is 484 g/mol. The molecular weight excluding hydrogens is 462 g/mol. The second-order valence-corrected chi connectivity index (χ2v) is 8.93. The Morgan fingerprint density at radius 1 is 1.06 bits per heavy atom. The molecule has 0 radical (unpaired) electrons. The number of hydrogen-bond donors (Lipinski definition) is 2. The van der Waals surface area contributed by atoms with Gasteiger partial charge in [-0.2, -0.15) is 0 Å². The Morgan fingerprint density at radius 3 is 2.41 bits per heavy atom. The van der Waals surface area contributed by atoms with E-state index in [0.29, 0.717) is 11.3 Å². The van der Waals surface area contributed by atoms with Gasteiger partial charge in [-0.05, 0) is 67.9 Å². The van der Waals surface area contributed by atoms with Gasteiger partial charge in [0.25, 0.3) is 17.7 Å². The fraction of sp³-hybridized carbons (Fsp3) is 0.231. The van der Waals surface area contributed by atoms with Gasteiger partial charge in [0.05, 0.1) is 5.69 Å². The third-order valence-corrected chi connectivity index (χ3v) is 6.40. The SMILES string of the molecule is Cc1ccccc1C(=O)Nc1ccc(C(=O)N2CCC(F)(F)[C@](C)(O)c3cc(Cl)ccc32)cc1. The summed E-state index contributed by atoms with van der Waals surface area (Å²) in [4.78, 5) is 27.1. The highest BCUT2D eigenvalue weighted by atomic mass is 35.5. The number of anilines is 2. The molecule has 1 aliphatic heterocycles. The van der Waals surface area contributed by atoms with Crippen LogP contribution in [0, 0.1) is 6.92 Å². The van der Waals surface area contributed by atoms with E-state index < -0.39 is 23.9 Å². The topological polar surface area (TPSA) is 69.6 Å². The number of carbonyl (C=O) groups is 2. The minimum Gasteiger partial charge on any atom is -0.379 e. The molecule has 0 fully saturated rings. The van der Waals surface area contributed by atoms with Crippen molar-refractivity contribution in [2.24, 2.45) is 0 Å². The second kappa shape index (κ2) is 8.81. The molecule has 0 aromatic heterocycles. The van der Waals surface area contributed by atoms with Crippen LogP contribution in [-0.4, -0.2) is 29.4 Å². The van der Waals surface area contributed by atoms with E-state index in [1.165, 1.54) is 35.2 Å². The van der Waals surface area contributed by atoms with Gasteiger partial charge in [0.15, 0.2) is 5.60 Å². The number of benzene rings is 3. The van der Waals surface area contributed by atoms with Crippen molar-refractivity contribution in [1.82, 2.24) is 0 Å². The highest BCUT2D eigenvalue weighted by molar-refractivity contribution is 6.30. The number of rotatable bonds is 3. The number of nitrogens with one attached hydrogen (secondary N) is 1. The Morgan fingerprint density at radius 2 is 1.74 bits per heavy atom. The summed E-state index contributed by atoms with van der Waals surface area (Å²) in [7, 11) is 0. The summed E-state index contributed by atoms with van der Waals surface area (Å²) in [5, 5.41) is 13.6. The molecule has 34 heavy (non-hydrogen) atoms. The van der Waals surface area contributed by atoms with Crippen LogP contribution in [0.15, 0.2) is 66.7 Å². The highest BCUT2D eigenvalue weighted by Gasteiger charge is 2.53. The molecule has 0 saturated carbocycles. The van der Waals surface area contributed by atoms with Gasteiger partial charge >= 0.3 is 0 Å². The van der Waals surface area contributed by atoms with Gasteiger partial charge in [-0.3, -0.25) is 9.59 Å². The number of aryl methyl sites for hydroxylation is 1. The van der Waals surface area contributed by atoms with Crippen LogP contribution in [-0.2, 0) is 5.60 Å². The van der Waals surface area contributed by atoms with Gasteiger partial charge in [0.2, 0.25) is 0 Å². The predicted molar refractivity (Wildman–Crippen MR) is 128 cm³/mol. The first-order valence-electron chi connectivity index (χ1n) is 10.7. The first kappa shape index (κ1) is 23.9. The minimum absolute atomic E-state index is 0.113. The summed E-state index contributed by atoms with van der Waals surface area (Å²) in [6.07, 6.45) is -0.720. The Labute approximate surface area is 201 Å². The van der Waals surface area contributed by atoms with Crippen molar-refractivity contribution in [3.8, 4) is 0 Å². The molecule has 4 rings (SSSR count). The molecule has 0 spiro atoms. The van der Waals surface area contributed by atoms with Crippen LogP contribution in [0.1, 0.15) is 45.2 Å². The van der Waals surface area contributed by atoms with Crippen molar-refractivity contribution in [3.05, 3.63) is 94.0 Å². The summed E-state index contributed by atoms with van der Waals surface area (Å²) in [6, 6.07) is 17.6. The van der Waals surface area contributed by atoms with E-state index in [1.54, 1.807) is 24.3 Å². The first-order chi connectivity index (χ1) is 16.0.